The highest BCUT2D eigenvalue weighted by atomic mass is 127. The molecular formula is C12H12ClFIN3. The first kappa shape index (κ1) is 13.6. The molecule has 0 saturated carbocycles. The molecule has 6 heteroatoms. The van der Waals surface area contributed by atoms with Crippen LogP contribution in [0.25, 0.3) is 5.69 Å². The van der Waals surface area contributed by atoms with E-state index in [1.807, 2.05) is 13.8 Å². The van der Waals surface area contributed by atoms with Gasteiger partial charge in [-0.25, -0.2) is 9.07 Å². The molecule has 0 spiro atoms. The maximum absolute atomic E-state index is 13.4. The Hall–Kier alpha value is -0.820. The van der Waals surface area contributed by atoms with Crippen molar-refractivity contribution < 1.29 is 4.39 Å². The smallest absolute Gasteiger partial charge is 0.143 e. The third-order valence-corrected chi connectivity index (χ3v) is 3.99. The Morgan fingerprint density at radius 1 is 1.44 bits per heavy atom. The molecule has 0 fully saturated rings. The van der Waals surface area contributed by atoms with E-state index in [4.69, 9.17) is 17.3 Å². The zero-order chi connectivity index (χ0) is 13.4. The third kappa shape index (κ3) is 2.33. The van der Waals surface area contributed by atoms with Crippen LogP contribution in [0.3, 0.4) is 0 Å². The largest absolute Gasteiger partial charge is 0.383 e. The monoisotopic (exact) mass is 379 g/mol. The first-order valence-corrected chi connectivity index (χ1v) is 6.86. The molecule has 0 atom stereocenters. The fraction of sp³-hybridized carbons (Fsp3) is 0.250. The van der Waals surface area contributed by atoms with Gasteiger partial charge in [0.05, 0.1) is 20.0 Å². The fourth-order valence-electron chi connectivity index (χ4n) is 1.61. The van der Waals surface area contributed by atoms with Gasteiger partial charge in [0, 0.05) is 6.07 Å². The van der Waals surface area contributed by atoms with Gasteiger partial charge >= 0.3 is 0 Å². The van der Waals surface area contributed by atoms with Crippen molar-refractivity contribution in [1.82, 2.24) is 9.78 Å². The average molecular weight is 380 g/mol. The molecule has 18 heavy (non-hydrogen) atoms. The summed E-state index contributed by atoms with van der Waals surface area (Å²) < 4.78 is 15.9. The lowest BCUT2D eigenvalue weighted by atomic mass is 10.1. The molecule has 0 aliphatic rings. The summed E-state index contributed by atoms with van der Waals surface area (Å²) in [5, 5.41) is 4.51. The van der Waals surface area contributed by atoms with E-state index in [9.17, 15) is 4.39 Å². The van der Waals surface area contributed by atoms with Gasteiger partial charge in [0.25, 0.3) is 0 Å². The van der Waals surface area contributed by atoms with E-state index >= 15 is 0 Å². The van der Waals surface area contributed by atoms with Crippen LogP contribution in [0.4, 0.5) is 10.2 Å². The van der Waals surface area contributed by atoms with Crippen molar-refractivity contribution in [2.75, 3.05) is 5.73 Å². The maximum Gasteiger partial charge on any atom is 0.143 e. The Bertz CT molecular complexity index is 595. The normalized spacial score (nSPS) is 11.2. The van der Waals surface area contributed by atoms with Crippen LogP contribution in [0.15, 0.2) is 18.2 Å². The van der Waals surface area contributed by atoms with Gasteiger partial charge in [-0.2, -0.15) is 5.10 Å². The number of aromatic nitrogens is 2. The number of rotatable bonds is 2. The SMILES string of the molecule is CC(C)c1nn(-c2ccc(Cl)c(F)c2)c(N)c1I. The van der Waals surface area contributed by atoms with Crippen LogP contribution in [-0.2, 0) is 0 Å². The molecule has 0 aliphatic heterocycles. The van der Waals surface area contributed by atoms with Crippen LogP contribution in [-0.4, -0.2) is 9.78 Å². The summed E-state index contributed by atoms with van der Waals surface area (Å²) in [4.78, 5) is 0. The minimum absolute atomic E-state index is 0.0863. The van der Waals surface area contributed by atoms with Gasteiger partial charge in [0.15, 0.2) is 0 Å². The van der Waals surface area contributed by atoms with Crippen LogP contribution in [0.1, 0.15) is 25.5 Å². The molecule has 0 amide bonds. The molecule has 0 aliphatic carbocycles. The van der Waals surface area contributed by atoms with Crippen LogP contribution in [0, 0.1) is 9.39 Å². The summed E-state index contributed by atoms with van der Waals surface area (Å²) in [6.45, 7) is 4.08. The summed E-state index contributed by atoms with van der Waals surface area (Å²) in [5.41, 5.74) is 7.47. The number of hydrogen-bond acceptors (Lipinski definition) is 2. The zero-order valence-electron chi connectivity index (χ0n) is 9.92. The van der Waals surface area contributed by atoms with Crippen molar-refractivity contribution in [2.45, 2.75) is 19.8 Å². The highest BCUT2D eigenvalue weighted by molar-refractivity contribution is 14.1. The number of nitrogens with zero attached hydrogens (tertiary/aromatic N) is 2. The van der Waals surface area contributed by atoms with Crippen molar-refractivity contribution >= 4 is 40.0 Å². The summed E-state index contributed by atoms with van der Waals surface area (Å²) >= 11 is 7.81. The summed E-state index contributed by atoms with van der Waals surface area (Å²) in [7, 11) is 0. The lowest BCUT2D eigenvalue weighted by Crippen LogP contribution is -2.03. The van der Waals surface area contributed by atoms with E-state index in [0.29, 0.717) is 11.5 Å². The van der Waals surface area contributed by atoms with Crippen molar-refractivity contribution in [3.63, 3.8) is 0 Å². The van der Waals surface area contributed by atoms with E-state index in [1.54, 1.807) is 6.07 Å². The minimum atomic E-state index is -0.481. The molecule has 96 valence electrons. The van der Waals surface area contributed by atoms with Gasteiger partial charge in [-0.3, -0.25) is 0 Å². The van der Waals surface area contributed by atoms with Gasteiger partial charge in [-0.1, -0.05) is 25.4 Å². The predicted molar refractivity (Wildman–Crippen MR) is 79.8 cm³/mol. The van der Waals surface area contributed by atoms with Crippen molar-refractivity contribution in [3.05, 3.63) is 38.3 Å². The molecule has 0 saturated heterocycles. The van der Waals surface area contributed by atoms with E-state index in [-0.39, 0.29) is 10.9 Å². The molecule has 0 radical (unpaired) electrons. The minimum Gasteiger partial charge on any atom is -0.383 e. The molecule has 2 aromatic rings. The van der Waals surface area contributed by atoms with Crippen LogP contribution < -0.4 is 5.73 Å². The van der Waals surface area contributed by atoms with Gasteiger partial charge in [-0.15, -0.1) is 0 Å². The Balaban J connectivity index is 2.57. The van der Waals surface area contributed by atoms with Crippen LogP contribution in [0.2, 0.25) is 5.02 Å². The third-order valence-electron chi connectivity index (χ3n) is 2.58. The van der Waals surface area contributed by atoms with Gasteiger partial charge in [-0.05, 0) is 40.6 Å². The van der Waals surface area contributed by atoms with Gasteiger partial charge < -0.3 is 5.73 Å². The Labute approximate surface area is 123 Å². The lowest BCUT2D eigenvalue weighted by Gasteiger charge is -2.04. The number of nitrogen functional groups attached to an aromatic ring is 1. The van der Waals surface area contributed by atoms with Crippen LogP contribution in [0.5, 0.6) is 0 Å². The molecule has 1 heterocycles. The van der Waals surface area contributed by atoms with E-state index in [1.165, 1.54) is 16.8 Å². The maximum atomic E-state index is 13.4. The fourth-order valence-corrected chi connectivity index (χ4v) is 2.69. The average Bonchev–Trinajstić information content (AvgIpc) is 2.60. The molecule has 2 rings (SSSR count). The summed E-state index contributed by atoms with van der Waals surface area (Å²) in [6, 6.07) is 4.51. The molecular weight excluding hydrogens is 368 g/mol. The Morgan fingerprint density at radius 2 is 2.11 bits per heavy atom. The number of halogens is 3. The standard InChI is InChI=1S/C12H12ClFIN3/c1-6(2)11-10(15)12(16)18(17-11)7-3-4-8(13)9(14)5-7/h3-6H,16H2,1-2H3. The molecule has 2 N–H and O–H groups in total. The molecule has 0 bridgehead atoms. The van der Waals surface area contributed by atoms with Crippen LogP contribution >= 0.6 is 34.2 Å². The van der Waals surface area contributed by atoms with Gasteiger partial charge in [0.1, 0.15) is 11.6 Å². The molecule has 3 nitrogen and oxygen atoms in total. The first-order chi connectivity index (χ1) is 8.41. The second-order valence-electron chi connectivity index (χ2n) is 4.25. The molecule has 1 aromatic carbocycles. The molecule has 0 unspecified atom stereocenters. The highest BCUT2D eigenvalue weighted by Crippen LogP contribution is 2.28. The van der Waals surface area contributed by atoms with Crippen molar-refractivity contribution in [2.24, 2.45) is 0 Å². The second-order valence-corrected chi connectivity index (χ2v) is 5.74. The quantitative estimate of drug-likeness (QED) is 0.802. The van der Waals surface area contributed by atoms with E-state index in [2.05, 4.69) is 27.7 Å². The number of nitrogens with two attached hydrogens (primary N) is 1. The summed E-state index contributed by atoms with van der Waals surface area (Å²) in [6.07, 6.45) is 0. The lowest BCUT2D eigenvalue weighted by molar-refractivity contribution is 0.625. The Kier molecular flexibility index (Phi) is 3.82. The first-order valence-electron chi connectivity index (χ1n) is 5.41. The van der Waals surface area contributed by atoms with Gasteiger partial charge in [0.2, 0.25) is 0 Å². The van der Waals surface area contributed by atoms with E-state index in [0.717, 1.165) is 9.26 Å². The number of benzene rings is 1. The summed E-state index contributed by atoms with van der Waals surface area (Å²) in [5.74, 6) is 0.295. The van der Waals surface area contributed by atoms with Crippen molar-refractivity contribution in [3.8, 4) is 5.69 Å². The number of anilines is 1. The topological polar surface area (TPSA) is 43.8 Å². The van der Waals surface area contributed by atoms with E-state index < -0.39 is 5.82 Å². The number of hydrogen-bond donors (Lipinski definition) is 1. The predicted octanol–water partition coefficient (Wildman–Crippen LogP) is 3.98. The Morgan fingerprint density at radius 3 is 2.61 bits per heavy atom. The highest BCUT2D eigenvalue weighted by Gasteiger charge is 2.17. The second kappa shape index (κ2) is 5.05. The molecule has 1 aromatic heterocycles. The van der Waals surface area contributed by atoms with Crippen molar-refractivity contribution in [1.29, 1.82) is 0 Å². The zero-order valence-corrected chi connectivity index (χ0v) is 12.8.